The third-order valence-corrected chi connectivity index (χ3v) is 22.0. The zero-order valence-corrected chi connectivity index (χ0v) is 74.5. The first-order valence-corrected chi connectivity index (χ1v) is 41.7. The number of amides is 5. The predicted octanol–water partition coefficient (Wildman–Crippen LogP) is 18.1. The van der Waals surface area contributed by atoms with Crippen LogP contribution in [-0.2, 0) is 69.2 Å². The van der Waals surface area contributed by atoms with E-state index in [1.165, 1.54) is 16.7 Å². The Morgan fingerprint density at radius 3 is 1.13 bits per heavy atom. The van der Waals surface area contributed by atoms with Crippen LogP contribution in [0.15, 0.2) is 102 Å². The first kappa shape index (κ1) is 97.4. The number of aliphatic carboxylic acids is 1. The van der Waals surface area contributed by atoms with Crippen molar-refractivity contribution in [2.45, 2.75) is 279 Å². The maximum Gasteiger partial charge on any atom is 0.410 e. The van der Waals surface area contributed by atoms with Gasteiger partial charge in [-0.3, -0.25) is 14.4 Å². The number of nitriles is 3. The van der Waals surface area contributed by atoms with Crippen LogP contribution in [0, 0.1) is 67.6 Å². The Morgan fingerprint density at radius 2 is 0.782 bits per heavy atom. The largest absolute Gasteiger partial charge is 0.481 e. The van der Waals surface area contributed by atoms with Crippen molar-refractivity contribution in [1.29, 1.82) is 15.8 Å². The van der Waals surface area contributed by atoms with Gasteiger partial charge in [0.2, 0.25) is 0 Å². The van der Waals surface area contributed by atoms with E-state index in [0.29, 0.717) is 117 Å². The maximum absolute atomic E-state index is 12.6. The number of ether oxygens (including phenoxy) is 7. The summed E-state index contributed by atoms with van der Waals surface area (Å²) in [7, 11) is 0. The van der Waals surface area contributed by atoms with Gasteiger partial charge in [0.25, 0.3) is 0 Å². The van der Waals surface area contributed by atoms with E-state index in [1.807, 2.05) is 185 Å². The van der Waals surface area contributed by atoms with Crippen molar-refractivity contribution in [2.24, 2.45) is 5.92 Å². The molecule has 1 unspecified atom stereocenters. The Labute approximate surface area is 705 Å². The summed E-state index contributed by atoms with van der Waals surface area (Å²) < 4.78 is 37.1. The summed E-state index contributed by atoms with van der Waals surface area (Å²) in [5, 5.41) is 37.6. The van der Waals surface area contributed by atoms with Gasteiger partial charge in [0, 0.05) is 106 Å². The minimum absolute atomic E-state index is 0.0701. The number of carboxylic acids is 1. The fourth-order valence-corrected chi connectivity index (χ4v) is 15.7. The van der Waals surface area contributed by atoms with Crippen LogP contribution in [0.3, 0.4) is 0 Å². The molecule has 25 nitrogen and oxygen atoms in total. The molecule has 1 spiro atoms. The average molecular weight is 1640 g/mol. The van der Waals surface area contributed by atoms with Crippen molar-refractivity contribution in [2.75, 3.05) is 78.7 Å². The van der Waals surface area contributed by atoms with Gasteiger partial charge >= 0.3 is 48.4 Å². The number of rotatable bonds is 11. The summed E-state index contributed by atoms with van der Waals surface area (Å²) in [5.74, 6) is -2.57. The molecule has 0 aromatic heterocycles. The van der Waals surface area contributed by atoms with Gasteiger partial charge in [0.05, 0.1) is 31.8 Å². The maximum atomic E-state index is 12.6. The number of benzene rings is 4. The molecule has 648 valence electrons. The van der Waals surface area contributed by atoms with Crippen LogP contribution in [0.2, 0.25) is 0 Å². The molecule has 0 radical (unpaired) electrons. The Bertz CT molecular complexity index is 4320. The Kier molecular flexibility index (Phi) is 33.9. The summed E-state index contributed by atoms with van der Waals surface area (Å²) >= 11 is 0. The zero-order valence-electron chi connectivity index (χ0n) is 74.5. The van der Waals surface area contributed by atoms with Crippen LogP contribution in [-0.4, -0.2) is 190 Å². The molecule has 10 rings (SSSR count). The van der Waals surface area contributed by atoms with E-state index < -0.39 is 62.7 Å². The van der Waals surface area contributed by atoms with Crippen molar-refractivity contribution >= 4 is 54.2 Å². The fourth-order valence-electron chi connectivity index (χ4n) is 15.7. The number of piperidine rings is 5. The summed E-state index contributed by atoms with van der Waals surface area (Å²) in [6.45, 7) is 45.0. The number of aryl methyl sites for hydroxylation is 4. The monoisotopic (exact) mass is 1640 g/mol. The van der Waals surface area contributed by atoms with Crippen molar-refractivity contribution in [1.82, 2.24) is 24.5 Å². The Balaban J connectivity index is 0.000000231. The summed E-state index contributed by atoms with van der Waals surface area (Å²) in [6, 6.07) is 37.0. The number of hydrogen-bond donors (Lipinski definition) is 1. The number of carboxylic acid groups (broad SMARTS) is 1. The van der Waals surface area contributed by atoms with Gasteiger partial charge in [-0.2, -0.15) is 15.8 Å². The highest BCUT2D eigenvalue weighted by Gasteiger charge is 2.50. The molecule has 1 aliphatic carbocycles. The SMILES string of the molecule is CCOC(=O)C(C#N)=C1CCN(C(=O)OC(C)(C)C)CC1.CCOC(=O)C(C#N)C1(c2ccc(C)cc2)CCN(C(=O)OC(C)(C)C)CC1.Cc1ccc(C2(CC#N)CCN(C(=O)OC(C)(C)C)CC2)cc1.Cc1ccc(C2(CC(=O)O)CCN(C(=O)OC(C)(C)C)CC2)cc1.Cc1ccc2c(c1)C(=O)CC21CCN(C(=O)OC(C)(C)C)CC1. The molecule has 119 heavy (non-hydrogen) atoms. The molecule has 4 aromatic rings. The summed E-state index contributed by atoms with van der Waals surface area (Å²) in [4.78, 5) is 117. The second-order valence-electron chi connectivity index (χ2n) is 37.1. The molecular formula is C94H130N8O17. The van der Waals surface area contributed by atoms with Gasteiger partial charge in [0.1, 0.15) is 39.6 Å². The van der Waals surface area contributed by atoms with Crippen molar-refractivity contribution in [3.63, 3.8) is 0 Å². The van der Waals surface area contributed by atoms with Gasteiger partial charge in [0.15, 0.2) is 11.7 Å². The van der Waals surface area contributed by atoms with Crippen LogP contribution in [0.4, 0.5) is 24.0 Å². The normalized spacial score (nSPS) is 17.5. The fraction of sp³-hybridized carbons (Fsp3) is 0.596. The average Bonchev–Trinajstić information content (AvgIpc) is 1.52. The first-order valence-electron chi connectivity index (χ1n) is 41.7. The highest BCUT2D eigenvalue weighted by atomic mass is 16.6. The molecule has 1 N–H and O–H groups in total. The first-order chi connectivity index (χ1) is 55.5. The minimum atomic E-state index is -0.920. The number of Topliss-reactive ketones (excluding diaryl/α,β-unsaturated/α-hetero) is 1. The minimum Gasteiger partial charge on any atom is -0.481 e. The molecule has 5 saturated heterocycles. The van der Waals surface area contributed by atoms with Crippen molar-refractivity contribution in [3.05, 3.63) is 152 Å². The number of esters is 2. The van der Waals surface area contributed by atoms with Crippen LogP contribution < -0.4 is 0 Å². The molecule has 4 aromatic carbocycles. The molecular weight excluding hydrogens is 1510 g/mol. The van der Waals surface area contributed by atoms with E-state index in [2.05, 4.69) is 55.5 Å². The molecule has 5 aliphatic heterocycles. The molecule has 5 heterocycles. The number of carbonyl (C=O) groups excluding carboxylic acids is 8. The molecule has 6 aliphatic rings. The molecule has 25 heteroatoms. The predicted molar refractivity (Wildman–Crippen MR) is 453 cm³/mol. The molecule has 1 atom stereocenters. The van der Waals surface area contributed by atoms with E-state index in [-0.39, 0.29) is 72.3 Å². The zero-order chi connectivity index (χ0) is 88.9. The van der Waals surface area contributed by atoms with Gasteiger partial charge in [-0.25, -0.2) is 28.8 Å². The van der Waals surface area contributed by atoms with Crippen LogP contribution in [0.25, 0.3) is 0 Å². The lowest BCUT2D eigenvalue weighted by molar-refractivity contribution is -0.149. The van der Waals surface area contributed by atoms with Gasteiger partial charge < -0.3 is 62.8 Å². The third-order valence-electron chi connectivity index (χ3n) is 22.0. The third kappa shape index (κ3) is 28.3. The van der Waals surface area contributed by atoms with E-state index in [1.54, 1.807) is 38.3 Å². The van der Waals surface area contributed by atoms with Crippen LogP contribution in [0.1, 0.15) is 256 Å². The number of fused-ring (bicyclic) bond motifs is 2. The molecule has 5 fully saturated rings. The van der Waals surface area contributed by atoms with Gasteiger partial charge in [-0.15, -0.1) is 0 Å². The van der Waals surface area contributed by atoms with E-state index >= 15 is 0 Å². The standard InChI is InChI=1S/C22H30N2O4.C19H26N2O2.C19H27NO4.C19H25NO3.C15H22N2O4/c1-6-27-19(25)18(15-23)22(17-9-7-16(2)8-10-17)11-13-24(14-12-22)20(26)28-21(3,4)5;1-15-5-7-16(8-6-15)19(9-12-20)10-13-21(14-11-19)17(22)23-18(2,3)4;1-14-5-7-15(8-6-14)19(13-16(21)22)9-11-20(12-10-19)17(23)24-18(2,3)4;1-13-5-6-15-14(11-13)16(21)12-19(15)7-9-20(10-8-19)17(22)23-18(2,3)4;1-5-20-13(18)12(10-16)11-6-8-17(9-7-11)14(19)21-15(2,3)4/h7-10,18H,6,11-14H2,1-5H3;5-8H,9-11,13-14H2,1-4H3;5-8H,9-13H2,1-4H3,(H,21,22);5-6,11H,7-10,12H2,1-4H3;5-9H2,1-4H3. The number of likely N-dealkylation sites (tertiary alicyclic amines) is 5. The van der Waals surface area contributed by atoms with Crippen LogP contribution >= 0.6 is 0 Å². The van der Waals surface area contributed by atoms with E-state index in [9.17, 15) is 58.8 Å². The van der Waals surface area contributed by atoms with E-state index in [4.69, 9.17) is 38.4 Å². The summed E-state index contributed by atoms with van der Waals surface area (Å²) in [5.41, 5.74) is 6.73. The number of ketones is 1. The number of carbonyl (C=O) groups is 9. The topological polar surface area (TPSA) is 326 Å². The Morgan fingerprint density at radius 1 is 0.445 bits per heavy atom. The van der Waals surface area contributed by atoms with Gasteiger partial charge in [-0.05, 0) is 243 Å². The van der Waals surface area contributed by atoms with Crippen molar-refractivity contribution in [3.8, 4) is 18.2 Å². The lowest BCUT2D eigenvalue weighted by Crippen LogP contribution is -2.51. The lowest BCUT2D eigenvalue weighted by atomic mass is 9.64. The number of hydrogen-bond acceptors (Lipinski definition) is 19. The second kappa shape index (κ2) is 41.5. The molecule has 0 bridgehead atoms. The smallest absolute Gasteiger partial charge is 0.410 e. The summed E-state index contributed by atoms with van der Waals surface area (Å²) in [6.07, 6.45) is 6.04. The van der Waals surface area contributed by atoms with E-state index in [0.717, 1.165) is 64.6 Å². The Hall–Kier alpha value is -10.5. The highest BCUT2D eigenvalue weighted by Crippen LogP contribution is 2.48. The van der Waals surface area contributed by atoms with Crippen molar-refractivity contribution < 1.29 is 81.4 Å². The van der Waals surface area contributed by atoms with Crippen LogP contribution in [0.5, 0.6) is 0 Å². The lowest BCUT2D eigenvalue weighted by Gasteiger charge is -2.44. The molecule has 0 saturated carbocycles. The second-order valence-corrected chi connectivity index (χ2v) is 37.1. The van der Waals surface area contributed by atoms with Gasteiger partial charge in [-0.1, -0.05) is 107 Å². The quantitative estimate of drug-likeness (QED) is 0.0631. The highest BCUT2D eigenvalue weighted by molar-refractivity contribution is 6.02. The molecule has 5 amide bonds. The number of nitrogens with zero attached hydrogens (tertiary/aromatic N) is 8.